The summed E-state index contributed by atoms with van der Waals surface area (Å²) in [6, 6.07) is 2.40. The van der Waals surface area contributed by atoms with Crippen molar-refractivity contribution >= 4 is 23.5 Å². The van der Waals surface area contributed by atoms with Crippen LogP contribution < -0.4 is 15.5 Å². The normalized spacial score (nSPS) is 27.2. The average molecular weight is 408 g/mol. The van der Waals surface area contributed by atoms with Crippen LogP contribution in [0, 0.1) is 5.41 Å². The first-order valence-electron chi connectivity index (χ1n) is 9.75. The Kier molecular flexibility index (Phi) is 4.07. The summed E-state index contributed by atoms with van der Waals surface area (Å²) in [7, 11) is 0. The van der Waals surface area contributed by atoms with Gasteiger partial charge in [0.05, 0.1) is 41.5 Å². The predicted molar refractivity (Wildman–Crippen MR) is 104 cm³/mol. The minimum absolute atomic E-state index is 0.0463. The van der Waals surface area contributed by atoms with E-state index in [1.54, 1.807) is 18.6 Å². The summed E-state index contributed by atoms with van der Waals surface area (Å²) in [5.41, 5.74) is 1.09. The number of amides is 4. The molecular weight excluding hydrogens is 388 g/mol. The fraction of sp³-hybridized carbons (Fsp3) is 0.400. The molecule has 0 radical (unpaired) electrons. The largest absolute Gasteiger partial charge is 0.372 e. The molecule has 30 heavy (non-hydrogen) atoms. The minimum atomic E-state index is -1.53. The number of fused-ring (bicyclic) bond motifs is 4. The smallest absolute Gasteiger partial charge is 0.328 e. The third-order valence-electron chi connectivity index (χ3n) is 5.98. The molecule has 5 rings (SSSR count). The van der Waals surface area contributed by atoms with Crippen molar-refractivity contribution < 1.29 is 19.1 Å². The Hall–Kier alpha value is -3.40. The molecule has 1 spiro atoms. The number of carbonyl (C=O) groups is 3. The Morgan fingerprint density at radius 3 is 2.57 bits per heavy atom. The Bertz CT molecular complexity index is 1040. The van der Waals surface area contributed by atoms with Crippen molar-refractivity contribution in [3.8, 4) is 11.4 Å². The number of morpholine rings is 1. The number of aromatic nitrogens is 3. The highest BCUT2D eigenvalue weighted by molar-refractivity contribution is 6.20. The van der Waals surface area contributed by atoms with E-state index in [1.807, 2.05) is 30.9 Å². The number of urea groups is 1. The van der Waals surface area contributed by atoms with Crippen LogP contribution >= 0.6 is 0 Å². The Labute approximate surface area is 172 Å². The monoisotopic (exact) mass is 408 g/mol. The second-order valence-electron chi connectivity index (χ2n) is 7.89. The summed E-state index contributed by atoms with van der Waals surface area (Å²) in [5.74, 6) is -1.26. The summed E-state index contributed by atoms with van der Waals surface area (Å²) < 4.78 is 5.99. The lowest BCUT2D eigenvalue weighted by atomic mass is 9.67. The van der Waals surface area contributed by atoms with Gasteiger partial charge in [-0.05, 0) is 26.0 Å². The summed E-state index contributed by atoms with van der Waals surface area (Å²) in [5, 5.41) is 4.54. The molecule has 2 aromatic rings. The van der Waals surface area contributed by atoms with Crippen molar-refractivity contribution in [3.63, 3.8) is 0 Å². The molecule has 0 aliphatic carbocycles. The first kappa shape index (κ1) is 18.6. The molecule has 0 unspecified atom stereocenters. The first-order valence-corrected chi connectivity index (χ1v) is 9.75. The van der Waals surface area contributed by atoms with Crippen molar-refractivity contribution in [2.45, 2.75) is 38.5 Å². The second-order valence-corrected chi connectivity index (χ2v) is 7.89. The third kappa shape index (κ3) is 2.60. The molecule has 2 fully saturated rings. The molecule has 0 aromatic carbocycles. The zero-order chi connectivity index (χ0) is 21.0. The number of hydrogen-bond acceptors (Lipinski definition) is 8. The number of hydrogen-bond donors (Lipinski definition) is 2. The van der Waals surface area contributed by atoms with E-state index in [4.69, 9.17) is 9.72 Å². The maximum absolute atomic E-state index is 13.1. The number of nitrogens with zero attached hydrogens (tertiary/aromatic N) is 4. The molecule has 3 atom stereocenters. The van der Waals surface area contributed by atoms with Crippen LogP contribution in [0.15, 0.2) is 30.7 Å². The van der Waals surface area contributed by atoms with E-state index in [0.29, 0.717) is 23.6 Å². The maximum atomic E-state index is 13.1. The lowest BCUT2D eigenvalue weighted by Crippen LogP contribution is -2.75. The van der Waals surface area contributed by atoms with Gasteiger partial charge in [0, 0.05) is 25.4 Å². The molecule has 2 N–H and O–H groups in total. The fourth-order valence-electron chi connectivity index (χ4n) is 4.86. The third-order valence-corrected chi connectivity index (χ3v) is 5.98. The summed E-state index contributed by atoms with van der Waals surface area (Å²) in [4.78, 5) is 53.1. The minimum Gasteiger partial charge on any atom is -0.372 e. The first-order chi connectivity index (χ1) is 14.4. The van der Waals surface area contributed by atoms with Crippen LogP contribution in [-0.4, -0.2) is 57.6 Å². The molecule has 2 saturated heterocycles. The van der Waals surface area contributed by atoms with Gasteiger partial charge in [-0.1, -0.05) is 0 Å². The predicted octanol–water partition coefficient (Wildman–Crippen LogP) is 0.429. The maximum Gasteiger partial charge on any atom is 0.328 e. The topological polar surface area (TPSA) is 126 Å². The Morgan fingerprint density at radius 2 is 1.87 bits per heavy atom. The van der Waals surface area contributed by atoms with Gasteiger partial charge in [-0.15, -0.1) is 0 Å². The number of nitrogens with one attached hydrogen (secondary N) is 2. The van der Waals surface area contributed by atoms with E-state index in [0.717, 1.165) is 5.69 Å². The highest BCUT2D eigenvalue weighted by atomic mass is 16.5. The zero-order valence-corrected chi connectivity index (χ0v) is 16.5. The van der Waals surface area contributed by atoms with Crippen LogP contribution in [0.1, 0.15) is 19.5 Å². The van der Waals surface area contributed by atoms with Gasteiger partial charge in [0.25, 0.3) is 0 Å². The van der Waals surface area contributed by atoms with Gasteiger partial charge < -0.3 is 9.64 Å². The molecule has 4 amide bonds. The molecule has 10 heteroatoms. The van der Waals surface area contributed by atoms with Crippen molar-refractivity contribution in [1.29, 1.82) is 0 Å². The molecule has 2 aromatic heterocycles. The van der Waals surface area contributed by atoms with Crippen LogP contribution in [0.3, 0.4) is 0 Å². The highest BCUT2D eigenvalue weighted by Gasteiger charge is 2.63. The summed E-state index contributed by atoms with van der Waals surface area (Å²) >= 11 is 0. The number of pyridine rings is 1. The van der Waals surface area contributed by atoms with E-state index >= 15 is 0 Å². The fourth-order valence-corrected chi connectivity index (χ4v) is 4.86. The quantitative estimate of drug-likeness (QED) is 0.651. The number of barbiturate groups is 1. The van der Waals surface area contributed by atoms with Gasteiger partial charge in [0.15, 0.2) is 5.41 Å². The average Bonchev–Trinajstić information content (AvgIpc) is 2.71. The Balaban J connectivity index is 1.68. The SMILES string of the molecule is C[C@@H]1CN2c3ccc(-c4cnccn4)nc3CC3(C(=O)NC(=O)NC3=O)[C@H]2[C@H](C)O1. The van der Waals surface area contributed by atoms with E-state index in [9.17, 15) is 14.4 Å². The lowest BCUT2D eigenvalue weighted by molar-refractivity contribution is -0.153. The summed E-state index contributed by atoms with van der Waals surface area (Å²) in [6.45, 7) is 4.28. The van der Waals surface area contributed by atoms with Crippen LogP contribution in [0.5, 0.6) is 0 Å². The van der Waals surface area contributed by atoms with Crippen molar-refractivity contribution in [3.05, 3.63) is 36.4 Å². The van der Waals surface area contributed by atoms with Crippen molar-refractivity contribution in [1.82, 2.24) is 25.6 Å². The van der Waals surface area contributed by atoms with Gasteiger partial charge in [0.1, 0.15) is 5.69 Å². The van der Waals surface area contributed by atoms with Crippen molar-refractivity contribution in [2.75, 3.05) is 11.4 Å². The molecule has 0 saturated carbocycles. The number of carbonyl (C=O) groups excluding carboxylic acids is 3. The zero-order valence-electron chi connectivity index (χ0n) is 16.5. The van der Waals surface area contributed by atoms with E-state index in [2.05, 4.69) is 20.6 Å². The molecular formula is C20H20N6O4. The molecule has 5 heterocycles. The number of anilines is 1. The second kappa shape index (κ2) is 6.56. The Morgan fingerprint density at radius 1 is 1.10 bits per heavy atom. The van der Waals surface area contributed by atoms with Crippen LogP contribution in [0.4, 0.5) is 10.5 Å². The van der Waals surface area contributed by atoms with Gasteiger partial charge in [-0.25, -0.2) is 9.78 Å². The van der Waals surface area contributed by atoms with E-state index in [-0.39, 0.29) is 12.5 Å². The van der Waals surface area contributed by atoms with E-state index in [1.165, 1.54) is 0 Å². The molecule has 3 aliphatic heterocycles. The van der Waals surface area contributed by atoms with Gasteiger partial charge in [0.2, 0.25) is 11.8 Å². The van der Waals surface area contributed by atoms with Gasteiger partial charge in [-0.2, -0.15) is 0 Å². The van der Waals surface area contributed by atoms with Crippen LogP contribution in [-0.2, 0) is 20.7 Å². The summed E-state index contributed by atoms with van der Waals surface area (Å²) in [6.07, 6.45) is 4.29. The molecule has 3 aliphatic rings. The molecule has 154 valence electrons. The molecule has 0 bridgehead atoms. The number of imide groups is 2. The van der Waals surface area contributed by atoms with Gasteiger partial charge in [-0.3, -0.25) is 30.2 Å². The highest BCUT2D eigenvalue weighted by Crippen LogP contribution is 2.46. The lowest BCUT2D eigenvalue weighted by Gasteiger charge is -2.55. The number of ether oxygens (including phenoxy) is 1. The molecule has 10 nitrogen and oxygen atoms in total. The standard InChI is InChI=1S/C20H20N6O4/c1-10-9-26-15-4-3-12(14-8-21-5-6-22-14)23-13(15)7-20(16(26)11(2)30-10)17(27)24-19(29)25-18(20)28/h3-6,8,10-11,16H,7,9H2,1-2H3,(H2,24,25,27,28,29)/t10-,11+,16-/m1/s1. The van der Waals surface area contributed by atoms with Gasteiger partial charge >= 0.3 is 6.03 Å². The van der Waals surface area contributed by atoms with E-state index < -0.39 is 35.4 Å². The number of rotatable bonds is 1. The van der Waals surface area contributed by atoms with Crippen molar-refractivity contribution in [2.24, 2.45) is 5.41 Å². The van der Waals surface area contributed by atoms with Crippen LogP contribution in [0.2, 0.25) is 0 Å². The van der Waals surface area contributed by atoms with Crippen LogP contribution in [0.25, 0.3) is 11.4 Å².